The van der Waals surface area contributed by atoms with Gasteiger partial charge in [0.25, 0.3) is 6.43 Å². The summed E-state index contributed by atoms with van der Waals surface area (Å²) in [5.41, 5.74) is -0.211. The number of aryl methyl sites for hydroxylation is 1. The van der Waals surface area contributed by atoms with Crippen molar-refractivity contribution >= 4 is 5.97 Å². The van der Waals surface area contributed by atoms with Gasteiger partial charge < -0.3 is 4.74 Å². The Morgan fingerprint density at radius 2 is 2.14 bits per heavy atom. The first-order valence-electron chi connectivity index (χ1n) is 3.89. The summed E-state index contributed by atoms with van der Waals surface area (Å²) in [6, 6.07) is 0. The average molecular weight is 201 g/mol. The zero-order chi connectivity index (χ0) is 10.7. The molecule has 3 nitrogen and oxygen atoms in total. The molecule has 76 valence electrons. The topological polar surface area (TPSA) is 39.2 Å². The van der Waals surface area contributed by atoms with Gasteiger partial charge in [0.1, 0.15) is 0 Å². The Kier molecular flexibility index (Phi) is 3.11. The fraction of sp³-hybridized carbons (Fsp3) is 0.333. The third-order valence-corrected chi connectivity index (χ3v) is 1.81. The molecule has 0 saturated carbocycles. The third-order valence-electron chi connectivity index (χ3n) is 1.81. The zero-order valence-corrected chi connectivity index (χ0v) is 7.75. The Morgan fingerprint density at radius 1 is 1.50 bits per heavy atom. The molecule has 0 aliphatic rings. The largest absolute Gasteiger partial charge is 0.465 e. The van der Waals surface area contributed by atoms with Crippen molar-refractivity contribution in [3.05, 3.63) is 29.1 Å². The van der Waals surface area contributed by atoms with Crippen molar-refractivity contribution in [2.45, 2.75) is 13.3 Å². The number of hydrogen-bond acceptors (Lipinski definition) is 3. The lowest BCUT2D eigenvalue weighted by atomic mass is 10.1. The summed E-state index contributed by atoms with van der Waals surface area (Å²) in [6.07, 6.45) is -0.332. The normalized spacial score (nSPS) is 10.4. The molecule has 0 unspecified atom stereocenters. The van der Waals surface area contributed by atoms with Gasteiger partial charge in [-0.3, -0.25) is 4.98 Å². The Bertz CT molecular complexity index is 353. The average Bonchev–Trinajstić information content (AvgIpc) is 2.15. The van der Waals surface area contributed by atoms with Crippen LogP contribution >= 0.6 is 0 Å². The minimum atomic E-state index is -2.70. The number of hydrogen-bond donors (Lipinski definition) is 0. The van der Waals surface area contributed by atoms with Crippen LogP contribution in [0.4, 0.5) is 8.78 Å². The van der Waals surface area contributed by atoms with E-state index in [4.69, 9.17) is 0 Å². The number of carbonyl (C=O) groups is 1. The number of aromatic nitrogens is 1. The number of nitrogens with zero attached hydrogens (tertiary/aromatic N) is 1. The molecule has 0 aliphatic carbocycles. The number of methoxy groups -OCH3 is 1. The molecule has 0 aliphatic heterocycles. The molecule has 1 heterocycles. The van der Waals surface area contributed by atoms with Gasteiger partial charge in [0, 0.05) is 18.0 Å². The molecule has 1 aromatic heterocycles. The summed E-state index contributed by atoms with van der Waals surface area (Å²) >= 11 is 0. The van der Waals surface area contributed by atoms with Gasteiger partial charge in [-0.1, -0.05) is 0 Å². The number of rotatable bonds is 2. The van der Waals surface area contributed by atoms with Crippen molar-refractivity contribution in [1.82, 2.24) is 4.98 Å². The standard InChI is InChI=1S/C9H9F2NO2/c1-5-3-12-4-6(9(13)14-2)7(5)8(10)11/h3-4,8H,1-2H3. The van der Waals surface area contributed by atoms with Gasteiger partial charge in [-0.25, -0.2) is 13.6 Å². The lowest BCUT2D eigenvalue weighted by Gasteiger charge is -2.08. The monoisotopic (exact) mass is 201 g/mol. The summed E-state index contributed by atoms with van der Waals surface area (Å²) in [5, 5.41) is 0. The highest BCUT2D eigenvalue weighted by atomic mass is 19.3. The highest BCUT2D eigenvalue weighted by Gasteiger charge is 2.21. The van der Waals surface area contributed by atoms with Crippen LogP contribution in [0.3, 0.4) is 0 Å². The van der Waals surface area contributed by atoms with Crippen LogP contribution in [0, 0.1) is 6.92 Å². The van der Waals surface area contributed by atoms with E-state index in [-0.39, 0.29) is 16.7 Å². The van der Waals surface area contributed by atoms with Crippen LogP contribution in [0.1, 0.15) is 27.9 Å². The maximum Gasteiger partial charge on any atom is 0.339 e. The van der Waals surface area contributed by atoms with Crippen LogP contribution in [0.25, 0.3) is 0 Å². The van der Waals surface area contributed by atoms with Crippen LogP contribution in [0.15, 0.2) is 12.4 Å². The SMILES string of the molecule is COC(=O)c1cncc(C)c1C(F)F. The molecule has 0 bridgehead atoms. The molecule has 14 heavy (non-hydrogen) atoms. The first kappa shape index (κ1) is 10.6. The molecule has 0 N–H and O–H groups in total. The molecule has 0 radical (unpaired) electrons. The molecule has 0 amide bonds. The molecular weight excluding hydrogens is 192 g/mol. The number of esters is 1. The molecule has 0 fully saturated rings. The minimum absolute atomic E-state index is 0.178. The first-order chi connectivity index (χ1) is 6.57. The Labute approximate surface area is 79.7 Å². The molecule has 0 aromatic carbocycles. The van der Waals surface area contributed by atoms with Gasteiger partial charge >= 0.3 is 5.97 Å². The molecule has 0 saturated heterocycles. The first-order valence-corrected chi connectivity index (χ1v) is 3.89. The lowest BCUT2D eigenvalue weighted by Crippen LogP contribution is -2.08. The van der Waals surface area contributed by atoms with Crippen LogP contribution in [0.5, 0.6) is 0 Å². The number of pyridine rings is 1. The van der Waals surface area contributed by atoms with E-state index in [1.165, 1.54) is 13.1 Å². The number of halogens is 2. The minimum Gasteiger partial charge on any atom is -0.465 e. The van der Waals surface area contributed by atoms with Crippen molar-refractivity contribution in [2.75, 3.05) is 7.11 Å². The second-order valence-corrected chi connectivity index (χ2v) is 2.71. The Hall–Kier alpha value is -1.52. The zero-order valence-electron chi connectivity index (χ0n) is 7.75. The van der Waals surface area contributed by atoms with E-state index in [0.29, 0.717) is 0 Å². The number of carbonyl (C=O) groups excluding carboxylic acids is 1. The Balaban J connectivity index is 3.28. The molecule has 0 atom stereocenters. The van der Waals surface area contributed by atoms with Gasteiger partial charge in [0.15, 0.2) is 0 Å². The fourth-order valence-electron chi connectivity index (χ4n) is 1.14. The summed E-state index contributed by atoms with van der Waals surface area (Å²) in [7, 11) is 1.14. The van der Waals surface area contributed by atoms with E-state index in [2.05, 4.69) is 9.72 Å². The highest BCUT2D eigenvalue weighted by Crippen LogP contribution is 2.25. The summed E-state index contributed by atoms with van der Waals surface area (Å²) < 4.78 is 29.5. The van der Waals surface area contributed by atoms with E-state index in [0.717, 1.165) is 13.3 Å². The lowest BCUT2D eigenvalue weighted by molar-refractivity contribution is 0.0588. The smallest absolute Gasteiger partial charge is 0.339 e. The van der Waals surface area contributed by atoms with Crippen LogP contribution in [-0.4, -0.2) is 18.1 Å². The summed E-state index contributed by atoms with van der Waals surface area (Å²) in [6.45, 7) is 1.47. The van der Waals surface area contributed by atoms with Crippen molar-refractivity contribution < 1.29 is 18.3 Å². The highest BCUT2D eigenvalue weighted by molar-refractivity contribution is 5.91. The van der Waals surface area contributed by atoms with E-state index in [1.54, 1.807) is 0 Å². The van der Waals surface area contributed by atoms with Crippen molar-refractivity contribution in [2.24, 2.45) is 0 Å². The van der Waals surface area contributed by atoms with Crippen LogP contribution in [0.2, 0.25) is 0 Å². The number of alkyl halides is 2. The van der Waals surface area contributed by atoms with E-state index >= 15 is 0 Å². The predicted molar refractivity (Wildman–Crippen MR) is 45.3 cm³/mol. The van der Waals surface area contributed by atoms with Crippen LogP contribution < -0.4 is 0 Å². The van der Waals surface area contributed by atoms with Gasteiger partial charge in [-0.15, -0.1) is 0 Å². The van der Waals surface area contributed by atoms with E-state index in [1.807, 2.05) is 0 Å². The molecule has 1 rings (SSSR count). The molecule has 0 spiro atoms. The van der Waals surface area contributed by atoms with Gasteiger partial charge in [0.05, 0.1) is 12.7 Å². The van der Waals surface area contributed by atoms with Crippen molar-refractivity contribution in [3.63, 3.8) is 0 Å². The second-order valence-electron chi connectivity index (χ2n) is 2.71. The van der Waals surface area contributed by atoms with Crippen LogP contribution in [-0.2, 0) is 4.74 Å². The van der Waals surface area contributed by atoms with Gasteiger partial charge in [-0.2, -0.15) is 0 Å². The number of ether oxygens (including phenoxy) is 1. The Morgan fingerprint density at radius 3 is 2.64 bits per heavy atom. The molecular formula is C9H9F2NO2. The maximum atomic E-state index is 12.5. The predicted octanol–water partition coefficient (Wildman–Crippen LogP) is 2.11. The van der Waals surface area contributed by atoms with Crippen molar-refractivity contribution in [3.8, 4) is 0 Å². The second kappa shape index (κ2) is 4.13. The molecule has 5 heteroatoms. The van der Waals surface area contributed by atoms with Crippen molar-refractivity contribution in [1.29, 1.82) is 0 Å². The third kappa shape index (κ3) is 1.86. The molecule has 1 aromatic rings. The quantitative estimate of drug-likeness (QED) is 0.688. The summed E-state index contributed by atoms with van der Waals surface area (Å²) in [5.74, 6) is -0.795. The summed E-state index contributed by atoms with van der Waals surface area (Å²) in [4.78, 5) is 14.8. The van der Waals surface area contributed by atoms with E-state index < -0.39 is 12.4 Å². The van der Waals surface area contributed by atoms with Gasteiger partial charge in [0.2, 0.25) is 0 Å². The fourth-order valence-corrected chi connectivity index (χ4v) is 1.14. The van der Waals surface area contributed by atoms with Gasteiger partial charge in [-0.05, 0) is 12.5 Å². The maximum absolute atomic E-state index is 12.5. The van der Waals surface area contributed by atoms with E-state index in [9.17, 15) is 13.6 Å².